The Balaban J connectivity index is 2.13. The Bertz CT molecular complexity index is 811. The SMILES string of the molecule is COc1cccc([C@H](CNC(=O)c2ccc([N+](=O)[O-])cc2Cl)N(C)C)c1. The number of amides is 1. The van der Waals surface area contributed by atoms with E-state index in [1.165, 1.54) is 18.2 Å². The molecule has 0 fully saturated rings. The van der Waals surface area contributed by atoms with Gasteiger partial charge in [-0.05, 0) is 37.9 Å². The monoisotopic (exact) mass is 377 g/mol. The van der Waals surface area contributed by atoms with Crippen molar-refractivity contribution >= 4 is 23.2 Å². The number of likely N-dealkylation sites (N-methyl/N-ethyl adjacent to an activating group) is 1. The highest BCUT2D eigenvalue weighted by Crippen LogP contribution is 2.24. The minimum absolute atomic E-state index is 0.0412. The van der Waals surface area contributed by atoms with E-state index in [1.54, 1.807) is 7.11 Å². The van der Waals surface area contributed by atoms with Gasteiger partial charge >= 0.3 is 0 Å². The second-order valence-electron chi connectivity index (χ2n) is 5.89. The van der Waals surface area contributed by atoms with Gasteiger partial charge < -0.3 is 15.0 Å². The smallest absolute Gasteiger partial charge is 0.270 e. The number of nitro groups is 1. The summed E-state index contributed by atoms with van der Waals surface area (Å²) in [5.74, 6) is 0.346. The number of non-ortho nitro benzene ring substituents is 1. The maximum Gasteiger partial charge on any atom is 0.270 e. The first kappa shape index (κ1) is 19.7. The molecule has 0 heterocycles. The Kier molecular flexibility index (Phi) is 6.54. The van der Waals surface area contributed by atoms with Gasteiger partial charge in [0.25, 0.3) is 11.6 Å². The van der Waals surface area contributed by atoms with Crippen molar-refractivity contribution in [2.75, 3.05) is 27.7 Å². The van der Waals surface area contributed by atoms with Crippen molar-refractivity contribution in [1.29, 1.82) is 0 Å². The molecule has 2 aromatic rings. The summed E-state index contributed by atoms with van der Waals surface area (Å²) in [6.45, 7) is 0.340. The van der Waals surface area contributed by atoms with Crippen molar-refractivity contribution in [3.8, 4) is 5.75 Å². The molecule has 0 bridgehead atoms. The summed E-state index contributed by atoms with van der Waals surface area (Å²) in [7, 11) is 5.42. The Morgan fingerprint density at radius 3 is 2.62 bits per heavy atom. The van der Waals surface area contributed by atoms with Crippen LogP contribution in [0.1, 0.15) is 22.0 Å². The van der Waals surface area contributed by atoms with E-state index in [2.05, 4.69) is 5.32 Å². The highest BCUT2D eigenvalue weighted by Gasteiger charge is 2.19. The topological polar surface area (TPSA) is 84.7 Å². The van der Waals surface area contributed by atoms with Crippen LogP contribution >= 0.6 is 11.6 Å². The van der Waals surface area contributed by atoms with Gasteiger partial charge in [-0.15, -0.1) is 0 Å². The van der Waals surface area contributed by atoms with E-state index < -0.39 is 4.92 Å². The Morgan fingerprint density at radius 1 is 1.31 bits per heavy atom. The van der Waals surface area contributed by atoms with E-state index in [4.69, 9.17) is 16.3 Å². The first-order chi connectivity index (χ1) is 12.3. The van der Waals surface area contributed by atoms with Crippen LogP contribution in [-0.4, -0.2) is 43.5 Å². The summed E-state index contributed by atoms with van der Waals surface area (Å²) in [5.41, 5.74) is 1.03. The van der Waals surface area contributed by atoms with Crippen LogP contribution in [0.4, 0.5) is 5.69 Å². The lowest BCUT2D eigenvalue weighted by atomic mass is 10.1. The molecule has 0 radical (unpaired) electrons. The third kappa shape index (κ3) is 4.71. The fourth-order valence-corrected chi connectivity index (χ4v) is 2.79. The normalized spacial score (nSPS) is 11.9. The molecule has 1 amide bonds. The molecule has 138 valence electrons. The number of rotatable bonds is 7. The van der Waals surface area contributed by atoms with Crippen LogP contribution in [0.15, 0.2) is 42.5 Å². The van der Waals surface area contributed by atoms with E-state index in [0.29, 0.717) is 6.54 Å². The molecule has 0 aliphatic rings. The van der Waals surface area contributed by atoms with Crippen LogP contribution in [0.3, 0.4) is 0 Å². The van der Waals surface area contributed by atoms with Gasteiger partial charge in [0.1, 0.15) is 5.75 Å². The van der Waals surface area contributed by atoms with Gasteiger partial charge in [-0.3, -0.25) is 14.9 Å². The van der Waals surface area contributed by atoms with Gasteiger partial charge in [-0.1, -0.05) is 23.7 Å². The molecule has 0 aliphatic carbocycles. The molecule has 0 aromatic heterocycles. The van der Waals surface area contributed by atoms with Crippen molar-refractivity contribution in [2.24, 2.45) is 0 Å². The van der Waals surface area contributed by atoms with Crippen molar-refractivity contribution < 1.29 is 14.5 Å². The summed E-state index contributed by atoms with van der Waals surface area (Å²) in [6, 6.07) is 11.3. The predicted molar refractivity (Wildman–Crippen MR) is 99.9 cm³/mol. The molecular weight excluding hydrogens is 358 g/mol. The second-order valence-corrected chi connectivity index (χ2v) is 6.29. The average Bonchev–Trinajstić information content (AvgIpc) is 2.61. The van der Waals surface area contributed by atoms with E-state index in [0.717, 1.165) is 11.3 Å². The number of hydrogen-bond donors (Lipinski definition) is 1. The number of nitro benzene ring substituents is 1. The Labute approximate surface area is 156 Å². The summed E-state index contributed by atoms with van der Waals surface area (Å²) >= 11 is 6.01. The first-order valence-corrected chi connectivity index (χ1v) is 8.23. The average molecular weight is 378 g/mol. The third-order valence-electron chi connectivity index (χ3n) is 3.97. The molecule has 1 N–H and O–H groups in total. The van der Waals surface area contributed by atoms with Crippen LogP contribution < -0.4 is 10.1 Å². The third-order valence-corrected chi connectivity index (χ3v) is 4.28. The number of halogens is 1. The van der Waals surface area contributed by atoms with Crippen LogP contribution in [0.2, 0.25) is 5.02 Å². The summed E-state index contributed by atoms with van der Waals surface area (Å²) in [4.78, 5) is 24.6. The van der Waals surface area contributed by atoms with Gasteiger partial charge in [0.05, 0.1) is 28.7 Å². The van der Waals surface area contributed by atoms with E-state index in [1.807, 2.05) is 43.3 Å². The van der Waals surface area contributed by atoms with Gasteiger partial charge in [0.2, 0.25) is 0 Å². The number of carbonyl (C=O) groups is 1. The van der Waals surface area contributed by atoms with Crippen LogP contribution in [0, 0.1) is 10.1 Å². The van der Waals surface area contributed by atoms with Gasteiger partial charge in [-0.25, -0.2) is 0 Å². The van der Waals surface area contributed by atoms with Crippen molar-refractivity contribution in [3.05, 3.63) is 68.7 Å². The number of nitrogens with zero attached hydrogens (tertiary/aromatic N) is 2. The lowest BCUT2D eigenvalue weighted by Crippen LogP contribution is -2.34. The number of hydrogen-bond acceptors (Lipinski definition) is 5. The number of nitrogens with one attached hydrogen (secondary N) is 1. The molecule has 8 heteroatoms. The quantitative estimate of drug-likeness (QED) is 0.591. The molecule has 26 heavy (non-hydrogen) atoms. The Hall–Kier alpha value is -2.64. The molecule has 2 rings (SSSR count). The lowest BCUT2D eigenvalue weighted by Gasteiger charge is -2.25. The Morgan fingerprint density at radius 2 is 2.04 bits per heavy atom. The largest absolute Gasteiger partial charge is 0.497 e. The number of methoxy groups -OCH3 is 1. The van der Waals surface area contributed by atoms with Gasteiger partial charge in [-0.2, -0.15) is 0 Å². The molecule has 0 saturated carbocycles. The molecule has 0 aliphatic heterocycles. The number of ether oxygens (including phenoxy) is 1. The van der Waals surface area contributed by atoms with Crippen LogP contribution in [-0.2, 0) is 0 Å². The number of benzene rings is 2. The fourth-order valence-electron chi connectivity index (χ4n) is 2.53. The molecule has 2 aromatic carbocycles. The predicted octanol–water partition coefficient (Wildman–Crippen LogP) is 3.29. The molecule has 0 spiro atoms. The lowest BCUT2D eigenvalue weighted by molar-refractivity contribution is -0.384. The minimum atomic E-state index is -0.557. The van der Waals surface area contributed by atoms with Crippen molar-refractivity contribution in [2.45, 2.75) is 6.04 Å². The molecule has 7 nitrogen and oxygen atoms in total. The van der Waals surface area contributed by atoms with Gasteiger partial charge in [0.15, 0.2) is 0 Å². The molecule has 0 saturated heterocycles. The number of carbonyl (C=O) groups excluding carboxylic acids is 1. The summed E-state index contributed by atoms with van der Waals surface area (Å²) in [6.07, 6.45) is 0. The molecular formula is C18H20ClN3O4. The van der Waals surface area contributed by atoms with Crippen LogP contribution in [0.5, 0.6) is 5.75 Å². The van der Waals surface area contributed by atoms with E-state index >= 15 is 0 Å². The zero-order valence-electron chi connectivity index (χ0n) is 14.7. The maximum absolute atomic E-state index is 12.4. The zero-order chi connectivity index (χ0) is 19.3. The van der Waals surface area contributed by atoms with Crippen LogP contribution in [0.25, 0.3) is 0 Å². The summed E-state index contributed by atoms with van der Waals surface area (Å²) < 4.78 is 5.25. The standard InChI is InChI=1S/C18H20ClN3O4/c1-21(2)17(12-5-4-6-14(9-12)26-3)11-20-18(23)15-8-7-13(22(24)25)10-16(15)19/h4-10,17H,11H2,1-3H3,(H,20,23)/t17-/m0/s1. The molecule has 0 unspecified atom stereocenters. The highest BCUT2D eigenvalue weighted by atomic mass is 35.5. The second kappa shape index (κ2) is 8.64. The fraction of sp³-hybridized carbons (Fsp3) is 0.278. The van der Waals surface area contributed by atoms with Crippen molar-refractivity contribution in [1.82, 2.24) is 10.2 Å². The van der Waals surface area contributed by atoms with E-state index in [9.17, 15) is 14.9 Å². The first-order valence-electron chi connectivity index (χ1n) is 7.86. The highest BCUT2D eigenvalue weighted by molar-refractivity contribution is 6.34. The van der Waals surface area contributed by atoms with E-state index in [-0.39, 0.29) is 28.2 Å². The van der Waals surface area contributed by atoms with Gasteiger partial charge in [0, 0.05) is 18.7 Å². The molecule has 1 atom stereocenters. The summed E-state index contributed by atoms with van der Waals surface area (Å²) in [5, 5.41) is 13.6. The van der Waals surface area contributed by atoms with Crippen molar-refractivity contribution in [3.63, 3.8) is 0 Å². The minimum Gasteiger partial charge on any atom is -0.497 e. The zero-order valence-corrected chi connectivity index (χ0v) is 15.5. The maximum atomic E-state index is 12.4.